The maximum Gasteiger partial charge on any atom is 0.280 e. The number of anilines is 1. The van der Waals surface area contributed by atoms with Crippen LogP contribution in [0.5, 0.6) is 5.88 Å². The first-order chi connectivity index (χ1) is 16.4. The third-order valence-electron chi connectivity index (χ3n) is 6.09. The molecule has 9 nitrogen and oxygen atoms in total. The maximum absolute atomic E-state index is 14.5. The number of likely N-dealkylation sites (tertiary alicyclic amines) is 1. The lowest BCUT2D eigenvalue weighted by atomic mass is 10.0. The number of ether oxygens (including phenoxy) is 1. The van der Waals surface area contributed by atoms with Gasteiger partial charge in [-0.25, -0.2) is 18.0 Å². The van der Waals surface area contributed by atoms with Gasteiger partial charge in [-0.2, -0.15) is 4.98 Å². The van der Waals surface area contributed by atoms with Gasteiger partial charge < -0.3 is 15.0 Å². The summed E-state index contributed by atoms with van der Waals surface area (Å²) in [6.45, 7) is 0.228. The molecule has 0 amide bonds. The average Bonchev–Trinajstić information content (AvgIpc) is 3.42. The molecule has 12 heteroatoms. The van der Waals surface area contributed by atoms with E-state index in [1.165, 1.54) is 7.11 Å². The van der Waals surface area contributed by atoms with Crippen LogP contribution in [0.4, 0.5) is 19.1 Å². The molecule has 0 spiro atoms. The Morgan fingerprint density at radius 1 is 1.26 bits per heavy atom. The van der Waals surface area contributed by atoms with Gasteiger partial charge in [0.05, 0.1) is 31.9 Å². The number of nitrogens with zero attached hydrogens (tertiary/aromatic N) is 7. The third-order valence-corrected chi connectivity index (χ3v) is 6.09. The van der Waals surface area contributed by atoms with Crippen LogP contribution in [0, 0.1) is 0 Å². The SMILES string of the molecule is COc1nc(NC2CCN(C)CC2(F)F)nn2ccc(-c3ccc4nnn(CCCF)c4c3)c12. The van der Waals surface area contributed by atoms with Crippen LogP contribution >= 0.6 is 0 Å². The van der Waals surface area contributed by atoms with E-state index < -0.39 is 18.6 Å². The molecule has 180 valence electrons. The van der Waals surface area contributed by atoms with Crippen molar-refractivity contribution in [2.45, 2.75) is 31.4 Å². The Labute approximate surface area is 193 Å². The van der Waals surface area contributed by atoms with Gasteiger partial charge in [-0.05, 0) is 43.7 Å². The fraction of sp³-hybridized carbons (Fsp3) is 0.455. The predicted molar refractivity (Wildman–Crippen MR) is 121 cm³/mol. The largest absolute Gasteiger partial charge is 0.479 e. The first-order valence-corrected chi connectivity index (χ1v) is 11.1. The standard InChI is InChI=1S/C22H25F3N8O/c1-31-10-7-18(22(24,25)13-31)26-21-27-20(34-2)19-15(6-11-33(19)29-21)14-4-5-16-17(12-14)32(30-28-16)9-3-8-23/h4-6,11-12,18H,3,7-10,13H2,1-2H3,(H,26,29). The summed E-state index contributed by atoms with van der Waals surface area (Å²) in [7, 11) is 3.16. The van der Waals surface area contributed by atoms with E-state index in [4.69, 9.17) is 4.74 Å². The first-order valence-electron chi connectivity index (χ1n) is 11.1. The van der Waals surface area contributed by atoms with E-state index in [0.717, 1.165) is 16.6 Å². The summed E-state index contributed by atoms with van der Waals surface area (Å²) in [6.07, 6.45) is 2.36. The molecular weight excluding hydrogens is 449 g/mol. The molecule has 1 aromatic carbocycles. The number of aromatic nitrogens is 6. The molecule has 1 N–H and O–H groups in total. The molecule has 1 aliphatic heterocycles. The lowest BCUT2D eigenvalue weighted by molar-refractivity contribution is -0.0675. The van der Waals surface area contributed by atoms with Crippen molar-refractivity contribution >= 4 is 22.5 Å². The van der Waals surface area contributed by atoms with Crippen LogP contribution in [0.1, 0.15) is 12.8 Å². The fourth-order valence-corrected chi connectivity index (χ4v) is 4.38. The Hall–Kier alpha value is -3.41. The number of alkyl halides is 3. The number of nitrogens with one attached hydrogen (secondary N) is 1. The maximum atomic E-state index is 14.5. The van der Waals surface area contributed by atoms with Crippen LogP contribution in [0.25, 0.3) is 27.7 Å². The van der Waals surface area contributed by atoms with Gasteiger partial charge in [0.15, 0.2) is 0 Å². The minimum Gasteiger partial charge on any atom is -0.479 e. The van der Waals surface area contributed by atoms with Gasteiger partial charge >= 0.3 is 0 Å². The van der Waals surface area contributed by atoms with Gasteiger partial charge in [-0.3, -0.25) is 4.39 Å². The molecule has 0 bridgehead atoms. The van der Waals surface area contributed by atoms with Gasteiger partial charge in [0, 0.05) is 24.8 Å². The monoisotopic (exact) mass is 474 g/mol. The molecule has 1 atom stereocenters. The van der Waals surface area contributed by atoms with Gasteiger partial charge in [-0.15, -0.1) is 10.2 Å². The second-order valence-electron chi connectivity index (χ2n) is 8.51. The number of benzene rings is 1. The van der Waals surface area contributed by atoms with Crippen molar-refractivity contribution in [2.75, 3.05) is 39.2 Å². The minimum atomic E-state index is -2.91. The van der Waals surface area contributed by atoms with Crippen molar-refractivity contribution in [1.29, 1.82) is 0 Å². The van der Waals surface area contributed by atoms with Crippen LogP contribution in [-0.2, 0) is 6.54 Å². The zero-order valence-corrected chi connectivity index (χ0v) is 18.9. The van der Waals surface area contributed by atoms with Crippen LogP contribution in [0.3, 0.4) is 0 Å². The Kier molecular flexibility index (Phi) is 5.76. The molecule has 34 heavy (non-hydrogen) atoms. The van der Waals surface area contributed by atoms with E-state index in [-0.39, 0.29) is 24.8 Å². The van der Waals surface area contributed by atoms with Crippen molar-refractivity contribution in [3.63, 3.8) is 0 Å². The van der Waals surface area contributed by atoms with Crippen LogP contribution in [-0.4, -0.2) is 80.4 Å². The van der Waals surface area contributed by atoms with Crippen molar-refractivity contribution in [1.82, 2.24) is 34.5 Å². The Morgan fingerprint density at radius 2 is 2.12 bits per heavy atom. The summed E-state index contributed by atoms with van der Waals surface area (Å²) in [4.78, 5) is 5.99. The van der Waals surface area contributed by atoms with Gasteiger partial charge in [0.25, 0.3) is 5.92 Å². The van der Waals surface area contributed by atoms with E-state index in [1.54, 1.807) is 27.3 Å². The minimum absolute atomic E-state index is 0.0738. The summed E-state index contributed by atoms with van der Waals surface area (Å²) in [5.74, 6) is -2.57. The van der Waals surface area contributed by atoms with Crippen molar-refractivity contribution < 1.29 is 17.9 Å². The molecule has 0 radical (unpaired) electrons. The predicted octanol–water partition coefficient (Wildman–Crippen LogP) is 3.26. The summed E-state index contributed by atoms with van der Waals surface area (Å²) in [5.41, 5.74) is 3.74. The number of fused-ring (bicyclic) bond motifs is 2. The molecule has 1 saturated heterocycles. The van der Waals surface area contributed by atoms with Gasteiger partial charge in [0.2, 0.25) is 11.8 Å². The number of piperidine rings is 1. The molecule has 1 unspecified atom stereocenters. The highest BCUT2D eigenvalue weighted by Crippen LogP contribution is 2.34. The van der Waals surface area contributed by atoms with E-state index >= 15 is 0 Å². The fourth-order valence-electron chi connectivity index (χ4n) is 4.38. The number of aryl methyl sites for hydroxylation is 1. The zero-order chi connectivity index (χ0) is 23.9. The lowest BCUT2D eigenvalue weighted by Crippen LogP contribution is -2.53. The number of hydrogen-bond acceptors (Lipinski definition) is 7. The number of rotatable bonds is 7. The molecule has 4 aromatic rings. The third kappa shape index (κ3) is 4.02. The highest BCUT2D eigenvalue weighted by atomic mass is 19.3. The highest BCUT2D eigenvalue weighted by molar-refractivity contribution is 5.89. The molecular formula is C22H25F3N8O. The van der Waals surface area contributed by atoms with Crippen LogP contribution < -0.4 is 10.1 Å². The Bertz CT molecular complexity index is 1320. The number of hydrogen-bond donors (Lipinski definition) is 1. The van der Waals surface area contributed by atoms with Crippen molar-refractivity contribution in [3.8, 4) is 17.0 Å². The average molecular weight is 474 g/mol. The highest BCUT2D eigenvalue weighted by Gasteiger charge is 2.44. The molecule has 3 aromatic heterocycles. The Morgan fingerprint density at radius 3 is 2.88 bits per heavy atom. The summed E-state index contributed by atoms with van der Waals surface area (Å²) in [6, 6.07) is 6.46. The smallest absolute Gasteiger partial charge is 0.280 e. The lowest BCUT2D eigenvalue weighted by Gasteiger charge is -2.36. The summed E-state index contributed by atoms with van der Waals surface area (Å²) < 4.78 is 50.4. The molecule has 4 heterocycles. The van der Waals surface area contributed by atoms with Gasteiger partial charge in [0.1, 0.15) is 11.0 Å². The summed E-state index contributed by atoms with van der Waals surface area (Å²) >= 11 is 0. The summed E-state index contributed by atoms with van der Waals surface area (Å²) in [5, 5.41) is 15.5. The van der Waals surface area contributed by atoms with Crippen molar-refractivity contribution in [3.05, 3.63) is 30.5 Å². The molecule has 0 aliphatic carbocycles. The second-order valence-corrected chi connectivity index (χ2v) is 8.51. The van der Waals surface area contributed by atoms with Crippen LogP contribution in [0.15, 0.2) is 30.5 Å². The van der Waals surface area contributed by atoms with E-state index in [2.05, 4.69) is 25.7 Å². The molecule has 5 rings (SSSR count). The second kappa shape index (κ2) is 8.75. The van der Waals surface area contributed by atoms with E-state index in [0.29, 0.717) is 30.5 Å². The normalized spacial score (nSPS) is 18.6. The molecule has 0 saturated carbocycles. The number of methoxy groups -OCH3 is 1. The quantitative estimate of drug-likeness (QED) is 0.440. The molecule has 1 fully saturated rings. The first kappa shape index (κ1) is 22.4. The van der Waals surface area contributed by atoms with E-state index in [9.17, 15) is 13.2 Å². The van der Waals surface area contributed by atoms with Gasteiger partial charge in [-0.1, -0.05) is 11.3 Å². The number of halogens is 3. The molecule has 1 aliphatic rings. The van der Waals surface area contributed by atoms with E-state index in [1.807, 2.05) is 24.3 Å². The van der Waals surface area contributed by atoms with Crippen LogP contribution in [0.2, 0.25) is 0 Å². The topological polar surface area (TPSA) is 85.4 Å². The van der Waals surface area contributed by atoms with Crippen molar-refractivity contribution in [2.24, 2.45) is 0 Å². The zero-order valence-electron chi connectivity index (χ0n) is 18.9. The Balaban J connectivity index is 1.51.